The third kappa shape index (κ3) is 4.77. The lowest BCUT2D eigenvalue weighted by molar-refractivity contribution is 0.209. The molecule has 3 rings (SSSR count). The third-order valence-electron chi connectivity index (χ3n) is 3.89. The van der Waals surface area contributed by atoms with E-state index in [1.807, 2.05) is 66.7 Å². The number of carbonyl (C=O) groups is 1. The Morgan fingerprint density at radius 2 is 1.62 bits per heavy atom. The Bertz CT molecular complexity index is 849. The number of anilines is 2. The zero-order valence-electron chi connectivity index (χ0n) is 14.4. The largest absolute Gasteiger partial charge is 0.419 e. The van der Waals surface area contributed by atoms with Crippen molar-refractivity contribution in [2.24, 2.45) is 0 Å². The molecule has 0 bridgehead atoms. The Morgan fingerprint density at radius 1 is 0.962 bits per heavy atom. The summed E-state index contributed by atoms with van der Waals surface area (Å²) in [5, 5.41) is 4.06. The van der Waals surface area contributed by atoms with Crippen molar-refractivity contribution in [2.75, 3.05) is 17.3 Å². The van der Waals surface area contributed by atoms with Gasteiger partial charge in [0, 0.05) is 30.0 Å². The third-order valence-corrected chi connectivity index (χ3v) is 4.14. The van der Waals surface area contributed by atoms with Gasteiger partial charge in [-0.15, -0.1) is 0 Å². The lowest BCUT2D eigenvalue weighted by Crippen LogP contribution is -2.29. The smallest absolute Gasteiger partial charge is 0.410 e. The molecule has 132 valence electrons. The topological polar surface area (TPSA) is 41.6 Å². The Balaban J connectivity index is 1.57. The number of hydrogen-bond acceptors (Lipinski definition) is 3. The molecule has 0 aliphatic heterocycles. The van der Waals surface area contributed by atoms with E-state index < -0.39 is 6.09 Å². The molecule has 0 aromatic heterocycles. The second kappa shape index (κ2) is 8.41. The van der Waals surface area contributed by atoms with Crippen LogP contribution in [-0.2, 0) is 6.54 Å². The Hall–Kier alpha value is -2.98. The van der Waals surface area contributed by atoms with Gasteiger partial charge < -0.3 is 10.1 Å². The fraction of sp³-hybridized carbons (Fsp3) is 0.0952. The van der Waals surface area contributed by atoms with Crippen LogP contribution in [0.5, 0.6) is 5.75 Å². The molecule has 0 atom stereocenters. The minimum Gasteiger partial charge on any atom is -0.410 e. The SMILES string of the molecule is CN(C(=O)Oc1ccccc1)c1ccc(NCc2ccc(Cl)cc2)cc1. The molecule has 5 heteroatoms. The maximum atomic E-state index is 12.2. The fourth-order valence-corrected chi connectivity index (χ4v) is 2.50. The van der Waals surface area contributed by atoms with Gasteiger partial charge in [-0.3, -0.25) is 4.90 Å². The first-order chi connectivity index (χ1) is 12.6. The first-order valence-electron chi connectivity index (χ1n) is 8.21. The Kier molecular flexibility index (Phi) is 5.77. The molecule has 0 radical (unpaired) electrons. The molecule has 0 spiro atoms. The number of carbonyl (C=O) groups excluding carboxylic acids is 1. The van der Waals surface area contributed by atoms with Gasteiger partial charge in [0.25, 0.3) is 0 Å². The summed E-state index contributed by atoms with van der Waals surface area (Å²) in [6, 6.07) is 24.3. The monoisotopic (exact) mass is 366 g/mol. The maximum Gasteiger partial charge on any atom is 0.419 e. The molecular weight excluding hydrogens is 348 g/mol. The summed E-state index contributed by atoms with van der Waals surface area (Å²) in [7, 11) is 1.68. The number of ether oxygens (including phenoxy) is 1. The highest BCUT2D eigenvalue weighted by atomic mass is 35.5. The van der Waals surface area contributed by atoms with Crippen LogP contribution in [-0.4, -0.2) is 13.1 Å². The summed E-state index contributed by atoms with van der Waals surface area (Å²) in [6.45, 7) is 0.697. The summed E-state index contributed by atoms with van der Waals surface area (Å²) < 4.78 is 5.34. The van der Waals surface area contributed by atoms with Gasteiger partial charge in [0.2, 0.25) is 0 Å². The lowest BCUT2D eigenvalue weighted by atomic mass is 10.2. The predicted molar refractivity (Wildman–Crippen MR) is 106 cm³/mol. The summed E-state index contributed by atoms with van der Waals surface area (Å²) >= 11 is 5.89. The zero-order chi connectivity index (χ0) is 18.4. The highest BCUT2D eigenvalue weighted by molar-refractivity contribution is 6.30. The molecule has 1 amide bonds. The number of benzene rings is 3. The molecular formula is C21H19ClN2O2. The van der Waals surface area contributed by atoms with Crippen LogP contribution in [0.4, 0.5) is 16.2 Å². The fourth-order valence-electron chi connectivity index (χ4n) is 2.37. The van der Waals surface area contributed by atoms with E-state index in [-0.39, 0.29) is 0 Å². The van der Waals surface area contributed by atoms with Gasteiger partial charge in [0.15, 0.2) is 0 Å². The van der Waals surface area contributed by atoms with Crippen LogP contribution in [0.1, 0.15) is 5.56 Å². The quantitative estimate of drug-likeness (QED) is 0.640. The number of halogens is 1. The van der Waals surface area contributed by atoms with Crippen molar-refractivity contribution in [1.82, 2.24) is 0 Å². The predicted octanol–water partition coefficient (Wildman–Crippen LogP) is 5.59. The number of nitrogens with zero attached hydrogens (tertiary/aromatic N) is 1. The molecule has 26 heavy (non-hydrogen) atoms. The summed E-state index contributed by atoms with van der Waals surface area (Å²) in [5.41, 5.74) is 2.86. The van der Waals surface area contributed by atoms with E-state index in [9.17, 15) is 4.79 Å². The maximum absolute atomic E-state index is 12.2. The molecule has 0 saturated carbocycles. The van der Waals surface area contributed by atoms with Gasteiger partial charge in [-0.25, -0.2) is 4.79 Å². The molecule has 0 fully saturated rings. The molecule has 0 unspecified atom stereocenters. The van der Waals surface area contributed by atoms with Crippen molar-refractivity contribution in [2.45, 2.75) is 6.54 Å². The van der Waals surface area contributed by atoms with Crippen LogP contribution in [0, 0.1) is 0 Å². The molecule has 3 aromatic rings. The van der Waals surface area contributed by atoms with E-state index in [1.54, 1.807) is 19.2 Å². The minimum atomic E-state index is -0.432. The van der Waals surface area contributed by atoms with E-state index in [4.69, 9.17) is 16.3 Å². The summed E-state index contributed by atoms with van der Waals surface area (Å²) in [4.78, 5) is 13.7. The normalized spacial score (nSPS) is 10.2. The molecule has 0 aliphatic carbocycles. The molecule has 0 heterocycles. The van der Waals surface area contributed by atoms with E-state index in [0.29, 0.717) is 12.3 Å². The number of para-hydroxylation sites is 1. The Labute approximate surface area is 158 Å². The van der Waals surface area contributed by atoms with Crippen LogP contribution < -0.4 is 15.0 Å². The molecule has 4 nitrogen and oxygen atoms in total. The molecule has 0 aliphatic rings. The first-order valence-corrected chi connectivity index (χ1v) is 8.58. The highest BCUT2D eigenvalue weighted by Gasteiger charge is 2.13. The lowest BCUT2D eigenvalue weighted by Gasteiger charge is -2.17. The number of hydrogen-bond donors (Lipinski definition) is 1. The Morgan fingerprint density at radius 3 is 2.27 bits per heavy atom. The average Bonchev–Trinajstić information content (AvgIpc) is 2.68. The summed E-state index contributed by atoms with van der Waals surface area (Å²) in [6.07, 6.45) is -0.432. The standard InChI is InChI=1S/C21H19ClN2O2/c1-24(21(25)26-20-5-3-2-4-6-20)19-13-11-18(12-14-19)23-15-16-7-9-17(22)10-8-16/h2-14,23H,15H2,1H3. The van der Waals surface area contributed by atoms with Gasteiger partial charge >= 0.3 is 6.09 Å². The van der Waals surface area contributed by atoms with Gasteiger partial charge in [0.1, 0.15) is 5.75 Å². The van der Waals surface area contributed by atoms with E-state index >= 15 is 0 Å². The van der Waals surface area contributed by atoms with Crippen molar-refractivity contribution in [1.29, 1.82) is 0 Å². The van der Waals surface area contributed by atoms with Crippen molar-refractivity contribution in [3.63, 3.8) is 0 Å². The van der Waals surface area contributed by atoms with Gasteiger partial charge in [-0.05, 0) is 54.1 Å². The van der Waals surface area contributed by atoms with Crippen LogP contribution >= 0.6 is 11.6 Å². The van der Waals surface area contributed by atoms with Gasteiger partial charge in [0.05, 0.1) is 0 Å². The average molecular weight is 367 g/mol. The van der Waals surface area contributed by atoms with Gasteiger partial charge in [-0.2, -0.15) is 0 Å². The number of nitrogens with one attached hydrogen (secondary N) is 1. The van der Waals surface area contributed by atoms with Crippen LogP contribution in [0.3, 0.4) is 0 Å². The van der Waals surface area contributed by atoms with E-state index in [1.165, 1.54) is 4.90 Å². The van der Waals surface area contributed by atoms with Crippen LogP contribution in [0.2, 0.25) is 5.02 Å². The van der Waals surface area contributed by atoms with Crippen molar-refractivity contribution in [3.8, 4) is 5.75 Å². The van der Waals surface area contributed by atoms with Crippen molar-refractivity contribution < 1.29 is 9.53 Å². The molecule has 3 aromatic carbocycles. The second-order valence-corrected chi connectivity index (χ2v) is 6.20. The highest BCUT2D eigenvalue weighted by Crippen LogP contribution is 2.19. The zero-order valence-corrected chi connectivity index (χ0v) is 15.1. The van der Waals surface area contributed by atoms with Crippen LogP contribution in [0.15, 0.2) is 78.9 Å². The molecule has 0 saturated heterocycles. The molecule has 1 N–H and O–H groups in total. The van der Waals surface area contributed by atoms with E-state index in [2.05, 4.69) is 5.32 Å². The second-order valence-electron chi connectivity index (χ2n) is 5.77. The number of rotatable bonds is 5. The van der Waals surface area contributed by atoms with E-state index in [0.717, 1.165) is 22.0 Å². The summed E-state index contributed by atoms with van der Waals surface area (Å²) in [5.74, 6) is 0.519. The van der Waals surface area contributed by atoms with Gasteiger partial charge in [-0.1, -0.05) is 41.9 Å². The van der Waals surface area contributed by atoms with Crippen molar-refractivity contribution >= 4 is 29.1 Å². The van der Waals surface area contributed by atoms with Crippen molar-refractivity contribution in [3.05, 3.63) is 89.4 Å². The first kappa shape index (κ1) is 17.8. The minimum absolute atomic E-state index is 0.432. The number of amides is 1. The van der Waals surface area contributed by atoms with Crippen LogP contribution in [0.25, 0.3) is 0 Å².